The predicted octanol–water partition coefficient (Wildman–Crippen LogP) is 2.35. The molecule has 1 fully saturated rings. The highest BCUT2D eigenvalue weighted by atomic mass is 19.4. The van der Waals surface area contributed by atoms with Crippen LogP contribution in [0.1, 0.15) is 25.7 Å². The van der Waals surface area contributed by atoms with Gasteiger partial charge in [0.15, 0.2) is 0 Å². The van der Waals surface area contributed by atoms with E-state index < -0.39 is 12.8 Å². The first kappa shape index (κ1) is 12.8. The molecule has 1 rings (SSSR count). The average molecular weight is 225 g/mol. The minimum atomic E-state index is -4.20. The van der Waals surface area contributed by atoms with Crippen LogP contribution in [0, 0.1) is 5.92 Å². The van der Waals surface area contributed by atoms with E-state index in [2.05, 4.69) is 10.1 Å². The number of halogens is 3. The SMILES string of the molecule is FC(F)(F)COCCNCCC1CCC1. The van der Waals surface area contributed by atoms with Crippen molar-refractivity contribution in [1.82, 2.24) is 5.32 Å². The van der Waals surface area contributed by atoms with Crippen LogP contribution in [0.2, 0.25) is 0 Å². The van der Waals surface area contributed by atoms with Gasteiger partial charge in [0.25, 0.3) is 0 Å². The largest absolute Gasteiger partial charge is 0.411 e. The monoisotopic (exact) mass is 225 g/mol. The van der Waals surface area contributed by atoms with Gasteiger partial charge in [0.05, 0.1) is 6.61 Å². The lowest BCUT2D eigenvalue weighted by Crippen LogP contribution is -2.26. The molecular formula is C10H18F3NO. The zero-order chi connectivity index (χ0) is 11.1. The summed E-state index contributed by atoms with van der Waals surface area (Å²) < 4.78 is 39.4. The fraction of sp³-hybridized carbons (Fsp3) is 1.00. The summed E-state index contributed by atoms with van der Waals surface area (Å²) in [6, 6.07) is 0. The first-order valence-corrected chi connectivity index (χ1v) is 5.43. The third kappa shape index (κ3) is 6.73. The second-order valence-electron chi connectivity index (χ2n) is 4.00. The molecule has 0 radical (unpaired) electrons. The molecule has 0 aromatic heterocycles. The van der Waals surface area contributed by atoms with E-state index in [1.165, 1.54) is 19.3 Å². The van der Waals surface area contributed by atoms with Crippen molar-refractivity contribution in [1.29, 1.82) is 0 Å². The second-order valence-corrected chi connectivity index (χ2v) is 4.00. The Balaban J connectivity index is 1.76. The van der Waals surface area contributed by atoms with Crippen molar-refractivity contribution in [3.05, 3.63) is 0 Å². The summed E-state index contributed by atoms with van der Waals surface area (Å²) in [5, 5.41) is 3.08. The smallest absolute Gasteiger partial charge is 0.371 e. The molecule has 0 heterocycles. The molecule has 90 valence electrons. The van der Waals surface area contributed by atoms with Crippen LogP contribution in [0.15, 0.2) is 0 Å². The number of hydrogen-bond acceptors (Lipinski definition) is 2. The van der Waals surface area contributed by atoms with Crippen LogP contribution >= 0.6 is 0 Å². The van der Waals surface area contributed by atoms with E-state index in [9.17, 15) is 13.2 Å². The molecule has 0 atom stereocenters. The Morgan fingerprint density at radius 2 is 1.93 bits per heavy atom. The summed E-state index contributed by atoms with van der Waals surface area (Å²) in [6.45, 7) is 0.379. The minimum absolute atomic E-state index is 0.129. The van der Waals surface area contributed by atoms with E-state index >= 15 is 0 Å². The van der Waals surface area contributed by atoms with Gasteiger partial charge in [0, 0.05) is 6.54 Å². The zero-order valence-corrected chi connectivity index (χ0v) is 8.78. The van der Waals surface area contributed by atoms with Crippen molar-refractivity contribution in [2.24, 2.45) is 5.92 Å². The van der Waals surface area contributed by atoms with Crippen LogP contribution in [0.25, 0.3) is 0 Å². The highest BCUT2D eigenvalue weighted by molar-refractivity contribution is 4.70. The summed E-state index contributed by atoms with van der Waals surface area (Å²) in [6.07, 6.45) is 0.892. The Morgan fingerprint density at radius 1 is 1.20 bits per heavy atom. The first-order chi connectivity index (χ1) is 7.08. The first-order valence-electron chi connectivity index (χ1n) is 5.43. The second kappa shape index (κ2) is 6.33. The lowest BCUT2D eigenvalue weighted by Gasteiger charge is -2.25. The molecule has 0 unspecified atom stereocenters. The van der Waals surface area contributed by atoms with Crippen LogP contribution in [-0.2, 0) is 4.74 Å². The number of ether oxygens (including phenoxy) is 1. The molecule has 5 heteroatoms. The topological polar surface area (TPSA) is 21.3 Å². The van der Waals surface area contributed by atoms with Gasteiger partial charge < -0.3 is 10.1 Å². The number of nitrogens with one attached hydrogen (secondary N) is 1. The average Bonchev–Trinajstić information content (AvgIpc) is 2.04. The maximum absolute atomic E-state index is 11.6. The molecule has 0 aromatic rings. The molecule has 1 aliphatic carbocycles. The molecule has 1 N–H and O–H groups in total. The summed E-state index contributed by atoms with van der Waals surface area (Å²) in [5.74, 6) is 0.841. The summed E-state index contributed by atoms with van der Waals surface area (Å²) in [5.41, 5.74) is 0. The molecule has 0 aliphatic heterocycles. The van der Waals surface area contributed by atoms with Crippen molar-refractivity contribution < 1.29 is 17.9 Å². The maximum atomic E-state index is 11.6. The standard InChI is InChI=1S/C10H18F3NO/c11-10(12,13)8-15-7-6-14-5-4-9-2-1-3-9/h9,14H,1-8H2. The van der Waals surface area contributed by atoms with E-state index in [0.717, 1.165) is 18.9 Å². The van der Waals surface area contributed by atoms with Gasteiger partial charge in [-0.1, -0.05) is 19.3 Å². The third-order valence-corrected chi connectivity index (χ3v) is 2.64. The van der Waals surface area contributed by atoms with Gasteiger partial charge in [0.1, 0.15) is 6.61 Å². The summed E-state index contributed by atoms with van der Waals surface area (Å²) in [4.78, 5) is 0. The van der Waals surface area contributed by atoms with Crippen LogP contribution < -0.4 is 5.32 Å². The van der Waals surface area contributed by atoms with Crippen molar-refractivity contribution in [3.63, 3.8) is 0 Å². The van der Waals surface area contributed by atoms with E-state index in [4.69, 9.17) is 0 Å². The highest BCUT2D eigenvalue weighted by Gasteiger charge is 2.27. The molecule has 0 spiro atoms. The number of rotatable bonds is 7. The molecule has 0 amide bonds. The lowest BCUT2D eigenvalue weighted by atomic mass is 9.83. The van der Waals surface area contributed by atoms with Gasteiger partial charge >= 0.3 is 6.18 Å². The van der Waals surface area contributed by atoms with Crippen LogP contribution in [0.5, 0.6) is 0 Å². The summed E-state index contributed by atoms with van der Waals surface area (Å²) >= 11 is 0. The fourth-order valence-corrected chi connectivity index (χ4v) is 1.54. The van der Waals surface area contributed by atoms with Gasteiger partial charge in [-0.05, 0) is 18.9 Å². The normalized spacial score (nSPS) is 17.8. The minimum Gasteiger partial charge on any atom is -0.371 e. The van der Waals surface area contributed by atoms with E-state index in [0.29, 0.717) is 6.54 Å². The fourth-order valence-electron chi connectivity index (χ4n) is 1.54. The number of alkyl halides is 3. The van der Waals surface area contributed by atoms with Crippen LogP contribution in [0.4, 0.5) is 13.2 Å². The van der Waals surface area contributed by atoms with Crippen LogP contribution in [0.3, 0.4) is 0 Å². The van der Waals surface area contributed by atoms with Crippen LogP contribution in [-0.4, -0.2) is 32.5 Å². The molecule has 2 nitrogen and oxygen atoms in total. The van der Waals surface area contributed by atoms with Crippen molar-refractivity contribution in [3.8, 4) is 0 Å². The Kier molecular flexibility index (Phi) is 5.39. The molecule has 1 aliphatic rings. The van der Waals surface area contributed by atoms with Gasteiger partial charge in [-0.25, -0.2) is 0 Å². The molecule has 0 bridgehead atoms. The van der Waals surface area contributed by atoms with Crippen molar-refractivity contribution in [2.45, 2.75) is 31.9 Å². The molecule has 1 saturated carbocycles. The maximum Gasteiger partial charge on any atom is 0.411 e. The molecule has 0 saturated heterocycles. The molecule has 15 heavy (non-hydrogen) atoms. The predicted molar refractivity (Wildman–Crippen MR) is 51.7 cm³/mol. The van der Waals surface area contributed by atoms with Gasteiger partial charge in [0.2, 0.25) is 0 Å². The Hall–Kier alpha value is -0.290. The van der Waals surface area contributed by atoms with Gasteiger partial charge in [-0.15, -0.1) is 0 Å². The van der Waals surface area contributed by atoms with Crippen molar-refractivity contribution >= 4 is 0 Å². The van der Waals surface area contributed by atoms with E-state index in [-0.39, 0.29) is 6.61 Å². The Morgan fingerprint density at radius 3 is 2.47 bits per heavy atom. The van der Waals surface area contributed by atoms with E-state index in [1.54, 1.807) is 0 Å². The van der Waals surface area contributed by atoms with Gasteiger partial charge in [-0.3, -0.25) is 0 Å². The van der Waals surface area contributed by atoms with Gasteiger partial charge in [-0.2, -0.15) is 13.2 Å². The quantitative estimate of drug-likeness (QED) is 0.671. The molecule has 0 aromatic carbocycles. The Labute approximate surface area is 88.2 Å². The molecular weight excluding hydrogens is 207 g/mol. The lowest BCUT2D eigenvalue weighted by molar-refractivity contribution is -0.173. The highest BCUT2D eigenvalue weighted by Crippen LogP contribution is 2.28. The number of hydrogen-bond donors (Lipinski definition) is 1. The van der Waals surface area contributed by atoms with Crippen molar-refractivity contribution in [2.75, 3.05) is 26.3 Å². The zero-order valence-electron chi connectivity index (χ0n) is 8.78. The third-order valence-electron chi connectivity index (χ3n) is 2.64. The van der Waals surface area contributed by atoms with E-state index in [1.807, 2.05) is 0 Å². The Bertz CT molecular complexity index is 169. The summed E-state index contributed by atoms with van der Waals surface area (Å²) in [7, 11) is 0.